The van der Waals surface area contributed by atoms with Gasteiger partial charge in [-0.3, -0.25) is 4.99 Å². The molecule has 160 valence electrons. The van der Waals surface area contributed by atoms with Crippen LogP contribution in [-0.2, 0) is 12.6 Å². The van der Waals surface area contributed by atoms with Gasteiger partial charge >= 0.3 is 6.18 Å². The average Bonchev–Trinajstić information content (AvgIpc) is 3.32. The Morgan fingerprint density at radius 2 is 2.24 bits per heavy atom. The normalized spacial score (nSPS) is 17.2. The lowest BCUT2D eigenvalue weighted by molar-refractivity contribution is -0.137. The zero-order chi connectivity index (χ0) is 20.1. The van der Waals surface area contributed by atoms with Crippen LogP contribution in [0, 0.1) is 0 Å². The number of anilines is 1. The number of rotatable bonds is 5. The summed E-state index contributed by atoms with van der Waals surface area (Å²) < 4.78 is 43.6. The van der Waals surface area contributed by atoms with Gasteiger partial charge in [-0.1, -0.05) is 11.6 Å². The SMILES string of the molecule is CN=C(NCCc1ccco1)NC1CCN(c2ncc(C(F)(F)F)cc2Cl)C1.I. The van der Waals surface area contributed by atoms with E-state index < -0.39 is 11.7 Å². The first-order valence-corrected chi connectivity index (χ1v) is 9.22. The molecule has 11 heteroatoms. The van der Waals surface area contributed by atoms with E-state index in [0.29, 0.717) is 31.4 Å². The minimum Gasteiger partial charge on any atom is -0.469 e. The van der Waals surface area contributed by atoms with Gasteiger partial charge in [0.05, 0.1) is 16.8 Å². The van der Waals surface area contributed by atoms with E-state index in [0.717, 1.165) is 30.9 Å². The van der Waals surface area contributed by atoms with Crippen LogP contribution in [0.15, 0.2) is 40.1 Å². The van der Waals surface area contributed by atoms with E-state index >= 15 is 0 Å². The molecule has 29 heavy (non-hydrogen) atoms. The number of nitrogens with one attached hydrogen (secondary N) is 2. The Labute approximate surface area is 188 Å². The van der Waals surface area contributed by atoms with Crippen LogP contribution in [0.4, 0.5) is 19.0 Å². The van der Waals surface area contributed by atoms with Gasteiger partial charge in [0.2, 0.25) is 0 Å². The molecule has 1 aliphatic rings. The van der Waals surface area contributed by atoms with Crippen LogP contribution in [0.3, 0.4) is 0 Å². The first-order chi connectivity index (χ1) is 13.4. The lowest BCUT2D eigenvalue weighted by Crippen LogP contribution is -2.45. The monoisotopic (exact) mass is 543 g/mol. The number of furan rings is 1. The molecule has 0 radical (unpaired) electrons. The van der Waals surface area contributed by atoms with Gasteiger partial charge in [0.15, 0.2) is 5.96 Å². The van der Waals surface area contributed by atoms with E-state index in [2.05, 4.69) is 20.6 Å². The second-order valence-corrected chi connectivity index (χ2v) is 6.84. The zero-order valence-electron chi connectivity index (χ0n) is 15.7. The molecular weight excluding hydrogens is 522 g/mol. The fourth-order valence-electron chi connectivity index (χ4n) is 3.04. The standard InChI is InChI=1S/C18H21ClF3N5O.HI/c1-23-17(24-6-4-14-3-2-8-28-14)26-13-5-7-27(11-13)16-15(19)9-12(10-25-16)18(20,21)22;/h2-3,8-10,13H,4-7,11H2,1H3,(H2,23,24,26);1H. The summed E-state index contributed by atoms with van der Waals surface area (Å²) in [6.07, 6.45) is -0.488. The summed E-state index contributed by atoms with van der Waals surface area (Å²) in [7, 11) is 1.68. The van der Waals surface area contributed by atoms with E-state index in [1.54, 1.807) is 13.3 Å². The van der Waals surface area contributed by atoms with Crippen molar-refractivity contribution in [1.29, 1.82) is 0 Å². The van der Waals surface area contributed by atoms with Crippen molar-refractivity contribution in [3.05, 3.63) is 47.0 Å². The summed E-state index contributed by atoms with van der Waals surface area (Å²) in [6.45, 7) is 1.87. The molecule has 0 amide bonds. The number of guanidine groups is 1. The number of halogens is 5. The summed E-state index contributed by atoms with van der Waals surface area (Å²) >= 11 is 6.04. The van der Waals surface area contributed by atoms with E-state index in [-0.39, 0.29) is 35.0 Å². The summed E-state index contributed by atoms with van der Waals surface area (Å²) in [4.78, 5) is 10.0. The van der Waals surface area contributed by atoms with Crippen LogP contribution >= 0.6 is 35.6 Å². The predicted molar refractivity (Wildman–Crippen MR) is 117 cm³/mol. The van der Waals surface area contributed by atoms with Gasteiger partial charge in [-0.05, 0) is 24.6 Å². The van der Waals surface area contributed by atoms with Gasteiger partial charge in [0.25, 0.3) is 0 Å². The Hall–Kier alpha value is -1.69. The molecule has 0 spiro atoms. The topological polar surface area (TPSA) is 65.7 Å². The second-order valence-electron chi connectivity index (χ2n) is 6.43. The molecular formula is C18H22ClF3IN5O. The fourth-order valence-corrected chi connectivity index (χ4v) is 3.32. The van der Waals surface area contributed by atoms with E-state index in [9.17, 15) is 13.2 Å². The largest absolute Gasteiger partial charge is 0.469 e. The van der Waals surface area contributed by atoms with Gasteiger partial charge < -0.3 is 20.0 Å². The van der Waals surface area contributed by atoms with Crippen LogP contribution < -0.4 is 15.5 Å². The minimum absolute atomic E-state index is 0. The van der Waals surface area contributed by atoms with Crippen molar-refractivity contribution in [3.63, 3.8) is 0 Å². The number of hydrogen-bond acceptors (Lipinski definition) is 4. The van der Waals surface area contributed by atoms with E-state index in [1.807, 2.05) is 17.0 Å². The van der Waals surface area contributed by atoms with Crippen molar-refractivity contribution in [3.8, 4) is 0 Å². The van der Waals surface area contributed by atoms with Crippen molar-refractivity contribution in [2.24, 2.45) is 4.99 Å². The molecule has 6 nitrogen and oxygen atoms in total. The number of nitrogens with zero attached hydrogens (tertiary/aromatic N) is 3. The molecule has 3 heterocycles. The molecule has 2 aromatic rings. The number of pyridine rings is 1. The Kier molecular flexibility index (Phi) is 8.44. The smallest absolute Gasteiger partial charge is 0.417 e. The Morgan fingerprint density at radius 1 is 1.45 bits per heavy atom. The Bertz CT molecular complexity index is 816. The molecule has 1 aliphatic heterocycles. The van der Waals surface area contributed by atoms with Gasteiger partial charge in [-0.15, -0.1) is 24.0 Å². The van der Waals surface area contributed by atoms with Gasteiger partial charge in [0, 0.05) is 45.3 Å². The lowest BCUT2D eigenvalue weighted by atomic mass is 10.2. The zero-order valence-corrected chi connectivity index (χ0v) is 18.8. The maximum Gasteiger partial charge on any atom is 0.417 e. The molecule has 3 rings (SSSR count). The summed E-state index contributed by atoms with van der Waals surface area (Å²) in [5.74, 6) is 1.91. The highest BCUT2D eigenvalue weighted by atomic mass is 127. The van der Waals surface area contributed by atoms with Crippen molar-refractivity contribution in [1.82, 2.24) is 15.6 Å². The molecule has 1 unspecified atom stereocenters. The van der Waals surface area contributed by atoms with E-state index in [1.165, 1.54) is 0 Å². The summed E-state index contributed by atoms with van der Waals surface area (Å²) in [5, 5.41) is 6.53. The van der Waals surface area contributed by atoms with Crippen LogP contribution in [-0.4, -0.2) is 43.7 Å². The highest BCUT2D eigenvalue weighted by Crippen LogP contribution is 2.34. The van der Waals surface area contributed by atoms with Crippen molar-refractivity contribution in [2.75, 3.05) is 31.6 Å². The van der Waals surface area contributed by atoms with Crippen LogP contribution in [0.2, 0.25) is 5.02 Å². The molecule has 0 aromatic carbocycles. The number of hydrogen-bond donors (Lipinski definition) is 2. The number of aromatic nitrogens is 1. The molecule has 1 fully saturated rings. The van der Waals surface area contributed by atoms with Crippen molar-refractivity contribution in [2.45, 2.75) is 25.1 Å². The maximum absolute atomic E-state index is 12.8. The molecule has 0 aliphatic carbocycles. The summed E-state index contributed by atoms with van der Waals surface area (Å²) in [5.41, 5.74) is -0.851. The highest BCUT2D eigenvalue weighted by Gasteiger charge is 2.33. The molecule has 1 saturated heterocycles. The Morgan fingerprint density at radius 3 is 2.86 bits per heavy atom. The number of aliphatic imine (C=N–C) groups is 1. The fraction of sp³-hybridized carbons (Fsp3) is 0.444. The third-order valence-corrected chi connectivity index (χ3v) is 4.72. The summed E-state index contributed by atoms with van der Waals surface area (Å²) in [6, 6.07) is 4.75. The second kappa shape index (κ2) is 10.4. The first kappa shape index (κ1) is 23.6. The van der Waals surface area contributed by atoms with E-state index in [4.69, 9.17) is 16.0 Å². The molecule has 0 saturated carbocycles. The van der Waals surface area contributed by atoms with Gasteiger partial charge in [0.1, 0.15) is 11.6 Å². The van der Waals surface area contributed by atoms with Crippen LogP contribution in [0.25, 0.3) is 0 Å². The maximum atomic E-state index is 12.8. The average molecular weight is 544 g/mol. The molecule has 1 atom stereocenters. The van der Waals surface area contributed by atoms with Crippen molar-refractivity contribution >= 4 is 47.4 Å². The van der Waals surface area contributed by atoms with Crippen LogP contribution in [0.5, 0.6) is 0 Å². The first-order valence-electron chi connectivity index (χ1n) is 8.84. The molecule has 2 aromatic heterocycles. The van der Waals surface area contributed by atoms with Crippen LogP contribution in [0.1, 0.15) is 17.7 Å². The quantitative estimate of drug-likeness (QED) is 0.340. The van der Waals surface area contributed by atoms with Crippen molar-refractivity contribution < 1.29 is 17.6 Å². The van der Waals surface area contributed by atoms with Gasteiger partial charge in [-0.2, -0.15) is 13.2 Å². The molecule has 2 N–H and O–H groups in total. The number of alkyl halides is 3. The van der Waals surface area contributed by atoms with Gasteiger partial charge in [-0.25, -0.2) is 4.98 Å². The lowest BCUT2D eigenvalue weighted by Gasteiger charge is -2.21. The third-order valence-electron chi connectivity index (χ3n) is 4.45. The predicted octanol–water partition coefficient (Wildman–Crippen LogP) is 3.95. The Balaban J connectivity index is 0.00000300. The highest BCUT2D eigenvalue weighted by molar-refractivity contribution is 14.0. The minimum atomic E-state index is -4.46. The third kappa shape index (κ3) is 6.39. The molecule has 0 bridgehead atoms.